The lowest BCUT2D eigenvalue weighted by atomic mass is 9.96. The Morgan fingerprint density at radius 1 is 1.29 bits per heavy atom. The van der Waals surface area contributed by atoms with E-state index in [0.29, 0.717) is 48.5 Å². The van der Waals surface area contributed by atoms with Gasteiger partial charge in [0.05, 0.1) is 40.3 Å². The number of amides is 1. The van der Waals surface area contributed by atoms with Gasteiger partial charge in [0.2, 0.25) is 5.91 Å². The number of pyridine rings is 1. The van der Waals surface area contributed by atoms with E-state index in [4.69, 9.17) is 16.3 Å². The maximum atomic E-state index is 16.1. The van der Waals surface area contributed by atoms with Crippen molar-refractivity contribution in [3.8, 4) is 16.9 Å². The monoisotopic (exact) mass is 477 g/mol. The van der Waals surface area contributed by atoms with Crippen molar-refractivity contribution in [2.24, 2.45) is 0 Å². The normalized spacial score (nSPS) is 17.4. The number of imidazole rings is 1. The summed E-state index contributed by atoms with van der Waals surface area (Å²) in [6.07, 6.45) is 4.48. The van der Waals surface area contributed by atoms with E-state index in [1.807, 2.05) is 19.1 Å². The van der Waals surface area contributed by atoms with Crippen LogP contribution in [0.25, 0.3) is 33.1 Å². The molecule has 2 aromatic carbocycles. The van der Waals surface area contributed by atoms with Crippen molar-refractivity contribution >= 4 is 45.1 Å². The van der Waals surface area contributed by atoms with Gasteiger partial charge in [-0.2, -0.15) is 0 Å². The van der Waals surface area contributed by atoms with Gasteiger partial charge in [0.1, 0.15) is 12.1 Å². The molecule has 0 spiro atoms. The quantitative estimate of drug-likeness (QED) is 0.431. The summed E-state index contributed by atoms with van der Waals surface area (Å²) in [7, 11) is 0. The van der Waals surface area contributed by atoms with Crippen LogP contribution in [0.15, 0.2) is 43.4 Å². The number of nitrogens with zero attached hydrogens (tertiary/aromatic N) is 4. The highest BCUT2D eigenvalue weighted by Gasteiger charge is 2.36. The predicted octanol–water partition coefficient (Wildman–Crippen LogP) is 4.47. The Hall–Kier alpha value is -3.65. The van der Waals surface area contributed by atoms with Crippen LogP contribution in [0.3, 0.4) is 0 Å². The first-order chi connectivity index (χ1) is 16.5. The van der Waals surface area contributed by atoms with Crippen molar-refractivity contribution in [3.05, 3.63) is 59.8 Å². The number of halogens is 2. The van der Waals surface area contributed by atoms with Gasteiger partial charge in [0.25, 0.3) is 0 Å². The highest BCUT2D eigenvalue weighted by atomic mass is 35.5. The minimum Gasteiger partial charge on any atom is -0.488 e. The number of benzene rings is 2. The molecule has 9 heteroatoms. The van der Waals surface area contributed by atoms with Gasteiger partial charge in [-0.1, -0.05) is 24.2 Å². The Balaban J connectivity index is 1.52. The Kier molecular flexibility index (Phi) is 4.74. The lowest BCUT2D eigenvalue weighted by Crippen LogP contribution is -2.58. The zero-order valence-electron chi connectivity index (χ0n) is 18.4. The molecule has 2 aromatic heterocycles. The number of nitrogens with one attached hydrogen (secondary N) is 1. The van der Waals surface area contributed by atoms with Gasteiger partial charge in [-0.05, 0) is 30.7 Å². The van der Waals surface area contributed by atoms with E-state index in [9.17, 15) is 4.79 Å². The fraction of sp³-hybridized carbons (Fsp3) is 0.240. The molecule has 1 atom stereocenters. The maximum Gasteiger partial charge on any atom is 0.246 e. The number of carbonyl (C=O) groups excluding carboxylic acids is 1. The second-order valence-corrected chi connectivity index (χ2v) is 9.02. The molecular formula is C25H21ClFN5O2. The summed E-state index contributed by atoms with van der Waals surface area (Å²) in [6, 6.07) is 5.53. The number of carbonyl (C=O) groups is 1. The molecule has 0 aliphatic carbocycles. The first-order valence-electron chi connectivity index (χ1n) is 11.0. The summed E-state index contributed by atoms with van der Waals surface area (Å²) in [5.41, 5.74) is 4.24. The van der Waals surface area contributed by atoms with E-state index in [-0.39, 0.29) is 28.1 Å². The molecule has 34 heavy (non-hydrogen) atoms. The number of hydrogen-bond acceptors (Lipinski definition) is 5. The molecule has 0 bridgehead atoms. The smallest absolute Gasteiger partial charge is 0.246 e. The molecule has 7 nitrogen and oxygen atoms in total. The Labute approximate surface area is 199 Å². The fourth-order valence-corrected chi connectivity index (χ4v) is 5.38. The van der Waals surface area contributed by atoms with Crippen molar-refractivity contribution in [1.29, 1.82) is 0 Å². The second-order valence-electron chi connectivity index (χ2n) is 8.62. The van der Waals surface area contributed by atoms with Gasteiger partial charge in [-0.3, -0.25) is 4.79 Å². The SMILES string of the molecule is C=CC(=O)N1CCN2c3c(cnc4c(F)c(-c5c(C)ccc6[nH]cnc56)c(Cl)cc34)OC[C@H]2C1. The number of ether oxygens (including phenoxy) is 1. The van der Waals surface area contributed by atoms with Gasteiger partial charge in [0.15, 0.2) is 11.6 Å². The number of aryl methyl sites for hydroxylation is 1. The summed E-state index contributed by atoms with van der Waals surface area (Å²) in [5.74, 6) is -0.0146. The lowest BCUT2D eigenvalue weighted by Gasteiger charge is -2.45. The van der Waals surface area contributed by atoms with Crippen LogP contribution in [0.5, 0.6) is 5.75 Å². The highest BCUT2D eigenvalue weighted by Crippen LogP contribution is 2.45. The summed E-state index contributed by atoms with van der Waals surface area (Å²) in [4.78, 5) is 27.9. The van der Waals surface area contributed by atoms with Crippen LogP contribution in [0.1, 0.15) is 5.56 Å². The number of rotatable bonds is 2. The van der Waals surface area contributed by atoms with E-state index in [1.165, 1.54) is 6.08 Å². The minimum atomic E-state index is -0.494. The number of anilines is 1. The first-order valence-corrected chi connectivity index (χ1v) is 11.4. The molecule has 0 unspecified atom stereocenters. The van der Waals surface area contributed by atoms with Crippen molar-refractivity contribution in [2.45, 2.75) is 13.0 Å². The molecule has 0 saturated carbocycles. The zero-order chi connectivity index (χ0) is 23.6. The second kappa shape index (κ2) is 7.70. The van der Waals surface area contributed by atoms with Crippen molar-refractivity contribution in [2.75, 3.05) is 31.1 Å². The molecule has 172 valence electrons. The van der Waals surface area contributed by atoms with Crippen LogP contribution in [0.2, 0.25) is 5.02 Å². The summed E-state index contributed by atoms with van der Waals surface area (Å²) < 4.78 is 22.1. The number of fused-ring (bicyclic) bond motifs is 6. The van der Waals surface area contributed by atoms with Crippen LogP contribution in [0, 0.1) is 12.7 Å². The molecule has 1 amide bonds. The van der Waals surface area contributed by atoms with Gasteiger partial charge < -0.3 is 19.5 Å². The van der Waals surface area contributed by atoms with Gasteiger partial charge in [-0.25, -0.2) is 14.4 Å². The molecule has 2 aliphatic rings. The fourth-order valence-electron chi connectivity index (χ4n) is 5.10. The number of piperazine rings is 1. The topological polar surface area (TPSA) is 74.4 Å². The molecule has 4 heterocycles. The van der Waals surface area contributed by atoms with Crippen molar-refractivity contribution in [3.63, 3.8) is 0 Å². The average Bonchev–Trinajstić information content (AvgIpc) is 3.33. The van der Waals surface area contributed by atoms with E-state index in [2.05, 4.69) is 26.4 Å². The van der Waals surface area contributed by atoms with Gasteiger partial charge in [-0.15, -0.1) is 0 Å². The van der Waals surface area contributed by atoms with Crippen LogP contribution in [-0.4, -0.2) is 58.0 Å². The molecule has 1 N–H and O–H groups in total. The molecule has 6 rings (SSSR count). The van der Waals surface area contributed by atoms with Crippen LogP contribution in [0.4, 0.5) is 10.1 Å². The molecule has 2 aliphatic heterocycles. The van der Waals surface area contributed by atoms with E-state index >= 15 is 4.39 Å². The Bertz CT molecular complexity index is 1500. The van der Waals surface area contributed by atoms with Gasteiger partial charge in [0, 0.05) is 36.1 Å². The van der Waals surface area contributed by atoms with E-state index < -0.39 is 5.82 Å². The van der Waals surface area contributed by atoms with Crippen molar-refractivity contribution < 1.29 is 13.9 Å². The summed E-state index contributed by atoms with van der Waals surface area (Å²) in [6.45, 7) is 7.54. The molecule has 4 aromatic rings. The lowest BCUT2D eigenvalue weighted by molar-refractivity contribution is -0.127. The first kappa shape index (κ1) is 20.9. The third kappa shape index (κ3) is 2.98. The predicted molar refractivity (Wildman–Crippen MR) is 130 cm³/mol. The van der Waals surface area contributed by atoms with E-state index in [0.717, 1.165) is 16.8 Å². The molecule has 1 fully saturated rings. The summed E-state index contributed by atoms with van der Waals surface area (Å²) in [5, 5.41) is 0.866. The Morgan fingerprint density at radius 2 is 2.15 bits per heavy atom. The summed E-state index contributed by atoms with van der Waals surface area (Å²) >= 11 is 6.75. The minimum absolute atomic E-state index is 0.0580. The van der Waals surface area contributed by atoms with Crippen LogP contribution in [-0.2, 0) is 4.79 Å². The maximum absolute atomic E-state index is 16.1. The third-order valence-electron chi connectivity index (χ3n) is 6.73. The van der Waals surface area contributed by atoms with Crippen LogP contribution < -0.4 is 9.64 Å². The Morgan fingerprint density at radius 3 is 2.97 bits per heavy atom. The number of hydrogen-bond donors (Lipinski definition) is 1. The van der Waals surface area contributed by atoms with Crippen LogP contribution >= 0.6 is 11.6 Å². The standard InChI is InChI=1S/C25H21ClFN5O2/c1-3-19(33)31-6-7-32-14(10-31)11-34-18-9-28-23-15(25(18)32)8-16(26)21(22(23)27)20-13(2)4-5-17-24(20)30-12-29-17/h3-5,8-9,12,14H,1,6-7,10-11H2,2H3,(H,29,30)/t14-/m1/s1. The highest BCUT2D eigenvalue weighted by molar-refractivity contribution is 6.35. The average molecular weight is 478 g/mol. The number of H-pyrrole nitrogens is 1. The van der Waals surface area contributed by atoms with E-state index in [1.54, 1.807) is 23.5 Å². The third-order valence-corrected chi connectivity index (χ3v) is 7.03. The largest absolute Gasteiger partial charge is 0.488 e. The molecule has 0 radical (unpaired) electrons. The van der Waals surface area contributed by atoms with Gasteiger partial charge >= 0.3 is 0 Å². The zero-order valence-corrected chi connectivity index (χ0v) is 19.2. The van der Waals surface area contributed by atoms with Crippen molar-refractivity contribution in [1.82, 2.24) is 19.9 Å². The molecule has 1 saturated heterocycles. The number of aromatic amines is 1. The molecular weight excluding hydrogens is 457 g/mol. The number of aromatic nitrogens is 3.